The summed E-state index contributed by atoms with van der Waals surface area (Å²) in [7, 11) is 0.463. The van der Waals surface area contributed by atoms with Crippen molar-refractivity contribution in [3.63, 3.8) is 0 Å². The molecule has 1 atom stereocenters. The summed E-state index contributed by atoms with van der Waals surface area (Å²) in [5.74, 6) is 0.877. The monoisotopic (exact) mass is 572 g/mol. The second kappa shape index (κ2) is 11.2. The van der Waals surface area contributed by atoms with Crippen molar-refractivity contribution in [1.29, 1.82) is 0 Å². The fourth-order valence-corrected chi connectivity index (χ4v) is 4.83. The molecule has 0 spiro atoms. The van der Waals surface area contributed by atoms with Crippen LogP contribution in [0.3, 0.4) is 0 Å². The fraction of sp³-hybridized carbons (Fsp3) is 0.529. The SMILES string of the molecule is CN=C(NCCC(=O)N(C)Cc1ccccc1Br)NC1CCS(=O)(=O)C1.I. The molecule has 1 unspecified atom stereocenters. The summed E-state index contributed by atoms with van der Waals surface area (Å²) in [6.07, 6.45) is 0.904. The highest BCUT2D eigenvalue weighted by Crippen LogP contribution is 2.17. The van der Waals surface area contributed by atoms with Crippen LogP contribution in [0, 0.1) is 0 Å². The van der Waals surface area contributed by atoms with Crippen LogP contribution in [0.1, 0.15) is 18.4 Å². The van der Waals surface area contributed by atoms with E-state index < -0.39 is 9.84 Å². The molecule has 2 rings (SSSR count). The number of carbonyl (C=O) groups excluding carboxylic acids is 1. The van der Waals surface area contributed by atoms with Gasteiger partial charge < -0.3 is 15.5 Å². The van der Waals surface area contributed by atoms with Gasteiger partial charge in [0.15, 0.2) is 15.8 Å². The number of benzene rings is 1. The smallest absolute Gasteiger partial charge is 0.224 e. The predicted molar refractivity (Wildman–Crippen MR) is 122 cm³/mol. The lowest BCUT2D eigenvalue weighted by molar-refractivity contribution is -0.130. The molecule has 1 aliphatic heterocycles. The van der Waals surface area contributed by atoms with Gasteiger partial charge in [-0.2, -0.15) is 0 Å². The first-order chi connectivity index (χ1) is 12.3. The molecule has 10 heteroatoms. The Balaban J connectivity index is 0.00000364. The van der Waals surface area contributed by atoms with Gasteiger partial charge in [-0.1, -0.05) is 34.1 Å². The second-order valence-electron chi connectivity index (χ2n) is 6.33. The fourth-order valence-electron chi connectivity index (χ4n) is 2.75. The van der Waals surface area contributed by atoms with Gasteiger partial charge in [-0.3, -0.25) is 9.79 Å². The van der Waals surface area contributed by atoms with Crippen molar-refractivity contribution in [2.75, 3.05) is 32.1 Å². The van der Waals surface area contributed by atoms with Gasteiger partial charge in [-0.15, -0.1) is 24.0 Å². The topological polar surface area (TPSA) is 90.9 Å². The summed E-state index contributed by atoms with van der Waals surface area (Å²) in [6, 6.07) is 7.69. The summed E-state index contributed by atoms with van der Waals surface area (Å²) >= 11 is 3.49. The minimum Gasteiger partial charge on any atom is -0.356 e. The molecular formula is C17H26BrIN4O3S. The number of hydrogen-bond acceptors (Lipinski definition) is 4. The molecule has 0 saturated carbocycles. The predicted octanol–water partition coefficient (Wildman–Crippen LogP) is 1.77. The summed E-state index contributed by atoms with van der Waals surface area (Å²) in [5.41, 5.74) is 1.05. The average molecular weight is 573 g/mol. The number of sulfone groups is 1. The van der Waals surface area contributed by atoms with Crippen LogP contribution in [0.5, 0.6) is 0 Å². The summed E-state index contributed by atoms with van der Waals surface area (Å²) in [4.78, 5) is 18.1. The van der Waals surface area contributed by atoms with Crippen LogP contribution in [0.25, 0.3) is 0 Å². The second-order valence-corrected chi connectivity index (χ2v) is 9.42. The zero-order valence-electron chi connectivity index (χ0n) is 15.4. The zero-order valence-corrected chi connectivity index (χ0v) is 20.2. The third kappa shape index (κ3) is 7.94. The molecule has 27 heavy (non-hydrogen) atoms. The van der Waals surface area contributed by atoms with E-state index in [1.54, 1.807) is 19.0 Å². The number of halogens is 2. The first-order valence-corrected chi connectivity index (χ1v) is 11.1. The third-order valence-corrected chi connectivity index (χ3v) is 6.76. The molecule has 1 aliphatic rings. The number of guanidine groups is 1. The van der Waals surface area contributed by atoms with E-state index >= 15 is 0 Å². The Morgan fingerprint density at radius 1 is 1.37 bits per heavy atom. The van der Waals surface area contributed by atoms with E-state index in [0.717, 1.165) is 10.0 Å². The van der Waals surface area contributed by atoms with Crippen LogP contribution >= 0.6 is 39.9 Å². The molecule has 0 radical (unpaired) electrons. The highest BCUT2D eigenvalue weighted by molar-refractivity contribution is 14.0. The van der Waals surface area contributed by atoms with E-state index in [0.29, 0.717) is 31.9 Å². The summed E-state index contributed by atoms with van der Waals surface area (Å²) < 4.78 is 24.0. The summed E-state index contributed by atoms with van der Waals surface area (Å²) in [5, 5.41) is 6.17. The highest BCUT2D eigenvalue weighted by atomic mass is 127. The van der Waals surface area contributed by atoms with E-state index in [1.807, 2.05) is 24.3 Å². The maximum Gasteiger partial charge on any atom is 0.224 e. The average Bonchev–Trinajstić information content (AvgIpc) is 2.94. The largest absolute Gasteiger partial charge is 0.356 e. The number of carbonyl (C=O) groups is 1. The lowest BCUT2D eigenvalue weighted by atomic mass is 10.2. The molecule has 2 N–H and O–H groups in total. The van der Waals surface area contributed by atoms with E-state index in [1.165, 1.54) is 0 Å². The molecule has 1 aromatic rings. The van der Waals surface area contributed by atoms with Crippen LogP contribution in [0.4, 0.5) is 0 Å². The maximum atomic E-state index is 12.3. The number of amides is 1. The molecule has 152 valence electrons. The molecule has 7 nitrogen and oxygen atoms in total. The van der Waals surface area contributed by atoms with Crippen molar-refractivity contribution in [1.82, 2.24) is 15.5 Å². The van der Waals surface area contributed by atoms with Crippen LogP contribution < -0.4 is 10.6 Å². The first-order valence-electron chi connectivity index (χ1n) is 8.45. The Bertz CT molecular complexity index is 773. The van der Waals surface area contributed by atoms with Crippen molar-refractivity contribution < 1.29 is 13.2 Å². The molecule has 0 bridgehead atoms. The van der Waals surface area contributed by atoms with E-state index in [2.05, 4.69) is 31.6 Å². The lowest BCUT2D eigenvalue weighted by Gasteiger charge is -2.19. The molecule has 0 aromatic heterocycles. The number of nitrogens with one attached hydrogen (secondary N) is 2. The van der Waals surface area contributed by atoms with Crippen molar-refractivity contribution in [2.24, 2.45) is 4.99 Å². The van der Waals surface area contributed by atoms with E-state index in [-0.39, 0.29) is 47.4 Å². The number of hydrogen-bond donors (Lipinski definition) is 2. The first kappa shape index (κ1) is 24.2. The Morgan fingerprint density at radius 2 is 2.07 bits per heavy atom. The minimum atomic E-state index is -2.94. The van der Waals surface area contributed by atoms with E-state index in [4.69, 9.17) is 0 Å². The van der Waals surface area contributed by atoms with Crippen molar-refractivity contribution in [3.05, 3.63) is 34.3 Å². The van der Waals surface area contributed by atoms with Gasteiger partial charge in [0.25, 0.3) is 0 Å². The summed E-state index contributed by atoms with van der Waals surface area (Å²) in [6.45, 7) is 0.964. The lowest BCUT2D eigenvalue weighted by Crippen LogP contribution is -2.45. The van der Waals surface area contributed by atoms with Crippen molar-refractivity contribution in [3.8, 4) is 0 Å². The Morgan fingerprint density at radius 3 is 2.67 bits per heavy atom. The Hall–Kier alpha value is -0.880. The van der Waals surface area contributed by atoms with Crippen LogP contribution in [-0.2, 0) is 21.2 Å². The Kier molecular flexibility index (Phi) is 10.0. The van der Waals surface area contributed by atoms with Gasteiger partial charge in [0, 0.05) is 44.1 Å². The standard InChI is InChI=1S/C17H25BrN4O3S.HI/c1-19-17(21-14-8-10-26(24,25)12-14)20-9-7-16(23)22(2)11-13-5-3-4-6-15(13)18;/h3-6,14H,7-12H2,1-2H3,(H2,19,20,21);1H. The molecule has 1 heterocycles. The Labute approximate surface area is 186 Å². The maximum absolute atomic E-state index is 12.3. The van der Waals surface area contributed by atoms with Crippen LogP contribution in [0.15, 0.2) is 33.7 Å². The molecular weight excluding hydrogens is 547 g/mol. The highest BCUT2D eigenvalue weighted by Gasteiger charge is 2.28. The third-order valence-electron chi connectivity index (χ3n) is 4.22. The number of aliphatic imine (C=N–C) groups is 1. The van der Waals surface area contributed by atoms with Gasteiger partial charge in [0.05, 0.1) is 11.5 Å². The van der Waals surface area contributed by atoms with Crippen molar-refractivity contribution >= 4 is 61.6 Å². The molecule has 1 saturated heterocycles. The van der Waals surface area contributed by atoms with Gasteiger partial charge in [0.2, 0.25) is 5.91 Å². The minimum absolute atomic E-state index is 0. The van der Waals surface area contributed by atoms with Gasteiger partial charge in [0.1, 0.15) is 0 Å². The van der Waals surface area contributed by atoms with E-state index in [9.17, 15) is 13.2 Å². The molecule has 1 aromatic carbocycles. The molecule has 1 amide bonds. The van der Waals surface area contributed by atoms with Gasteiger partial charge in [-0.25, -0.2) is 8.42 Å². The zero-order chi connectivity index (χ0) is 19.2. The van der Waals surface area contributed by atoms with Gasteiger partial charge >= 0.3 is 0 Å². The quantitative estimate of drug-likeness (QED) is 0.308. The normalized spacial score (nSPS) is 18.5. The number of rotatable bonds is 6. The van der Waals surface area contributed by atoms with Crippen LogP contribution in [-0.4, -0.2) is 63.4 Å². The van der Waals surface area contributed by atoms with Crippen LogP contribution in [0.2, 0.25) is 0 Å². The van der Waals surface area contributed by atoms with Gasteiger partial charge in [-0.05, 0) is 18.1 Å². The van der Waals surface area contributed by atoms with Crippen molar-refractivity contribution in [2.45, 2.75) is 25.4 Å². The molecule has 1 fully saturated rings. The molecule has 0 aliphatic carbocycles. The number of nitrogens with zero attached hydrogens (tertiary/aromatic N) is 2.